The van der Waals surface area contributed by atoms with Gasteiger partial charge in [-0.1, -0.05) is 15.9 Å². The van der Waals surface area contributed by atoms with Crippen LogP contribution in [0.25, 0.3) is 0 Å². The summed E-state index contributed by atoms with van der Waals surface area (Å²) in [5, 5.41) is 0. The van der Waals surface area contributed by atoms with E-state index < -0.39 is 0 Å². The zero-order valence-corrected chi connectivity index (χ0v) is 10.2. The average molecular weight is 308 g/mol. The Hall–Kier alpha value is -0.350. The molecule has 0 saturated heterocycles. The van der Waals surface area contributed by atoms with E-state index in [9.17, 15) is 4.79 Å². The smallest absolute Gasteiger partial charge is 0.153 e. The lowest BCUT2D eigenvalue weighted by atomic mass is 10.2. The minimum atomic E-state index is 0.543. The van der Waals surface area contributed by atoms with E-state index in [2.05, 4.69) is 31.9 Å². The van der Waals surface area contributed by atoms with Gasteiger partial charge in [-0.15, -0.1) is 0 Å². The lowest BCUT2D eigenvalue weighted by molar-refractivity contribution is 0.111. The molecule has 70 valence electrons. The van der Waals surface area contributed by atoms with Crippen LogP contribution in [-0.2, 0) is 0 Å². The normalized spacial score (nSPS) is 9.77. The molecular weight excluding hydrogens is 300 g/mol. The second-order valence-corrected chi connectivity index (χ2v) is 4.13. The fraction of sp³-hybridized carbons (Fsp3) is 0.222. The van der Waals surface area contributed by atoms with E-state index in [-0.39, 0.29) is 0 Å². The first-order chi connectivity index (χ1) is 6.19. The SMILES string of the molecule is CCOc1c(Br)cc(Br)cc1C=O. The van der Waals surface area contributed by atoms with Gasteiger partial charge in [0.05, 0.1) is 16.6 Å². The third kappa shape index (κ3) is 2.54. The second kappa shape index (κ2) is 4.77. The molecule has 0 aliphatic carbocycles. The summed E-state index contributed by atoms with van der Waals surface area (Å²) < 4.78 is 6.95. The van der Waals surface area contributed by atoms with Crippen molar-refractivity contribution in [1.29, 1.82) is 0 Å². The average Bonchev–Trinajstić information content (AvgIpc) is 2.09. The Morgan fingerprint density at radius 1 is 1.46 bits per heavy atom. The predicted molar refractivity (Wildman–Crippen MR) is 58.4 cm³/mol. The third-order valence-corrected chi connectivity index (χ3v) is 2.50. The van der Waals surface area contributed by atoms with Crippen LogP contribution in [0.3, 0.4) is 0 Å². The van der Waals surface area contributed by atoms with E-state index in [0.29, 0.717) is 17.9 Å². The molecule has 0 aromatic heterocycles. The highest BCUT2D eigenvalue weighted by Crippen LogP contribution is 2.31. The van der Waals surface area contributed by atoms with Gasteiger partial charge in [0.1, 0.15) is 5.75 Å². The van der Waals surface area contributed by atoms with Crippen molar-refractivity contribution in [2.45, 2.75) is 6.92 Å². The number of hydrogen-bond donors (Lipinski definition) is 0. The van der Waals surface area contributed by atoms with E-state index in [4.69, 9.17) is 4.74 Å². The largest absolute Gasteiger partial charge is 0.492 e. The summed E-state index contributed by atoms with van der Waals surface area (Å²) in [7, 11) is 0. The van der Waals surface area contributed by atoms with Gasteiger partial charge in [0, 0.05) is 4.47 Å². The summed E-state index contributed by atoms with van der Waals surface area (Å²) in [6.45, 7) is 2.42. The number of hydrogen-bond acceptors (Lipinski definition) is 2. The number of halogens is 2. The maximum atomic E-state index is 10.7. The molecule has 0 amide bonds. The fourth-order valence-electron chi connectivity index (χ4n) is 0.964. The molecule has 0 N–H and O–H groups in total. The van der Waals surface area contributed by atoms with Crippen molar-refractivity contribution in [3.05, 3.63) is 26.6 Å². The van der Waals surface area contributed by atoms with E-state index in [1.807, 2.05) is 13.0 Å². The van der Waals surface area contributed by atoms with Crippen molar-refractivity contribution in [3.63, 3.8) is 0 Å². The number of carbonyl (C=O) groups is 1. The molecule has 0 fully saturated rings. The van der Waals surface area contributed by atoms with Crippen LogP contribution in [0.4, 0.5) is 0 Å². The zero-order valence-electron chi connectivity index (χ0n) is 7.01. The maximum absolute atomic E-state index is 10.7. The van der Waals surface area contributed by atoms with Crippen molar-refractivity contribution in [3.8, 4) is 5.75 Å². The highest BCUT2D eigenvalue weighted by Gasteiger charge is 2.08. The van der Waals surface area contributed by atoms with E-state index in [1.54, 1.807) is 6.07 Å². The Bertz CT molecular complexity index is 324. The van der Waals surface area contributed by atoms with Gasteiger partial charge in [-0.25, -0.2) is 0 Å². The van der Waals surface area contributed by atoms with Crippen molar-refractivity contribution in [2.24, 2.45) is 0 Å². The van der Waals surface area contributed by atoms with Crippen molar-refractivity contribution in [2.75, 3.05) is 6.61 Å². The topological polar surface area (TPSA) is 26.3 Å². The van der Waals surface area contributed by atoms with E-state index in [1.165, 1.54) is 0 Å². The van der Waals surface area contributed by atoms with Crippen LogP contribution in [0.1, 0.15) is 17.3 Å². The molecule has 2 nitrogen and oxygen atoms in total. The number of rotatable bonds is 3. The number of aldehydes is 1. The van der Waals surface area contributed by atoms with Crippen LogP contribution in [0.5, 0.6) is 5.75 Å². The van der Waals surface area contributed by atoms with Gasteiger partial charge in [0.25, 0.3) is 0 Å². The molecule has 0 spiro atoms. The third-order valence-electron chi connectivity index (χ3n) is 1.45. The standard InChI is InChI=1S/C9H8Br2O2/c1-2-13-9-6(5-12)3-7(10)4-8(9)11/h3-5H,2H2,1H3. The van der Waals surface area contributed by atoms with Crippen LogP contribution in [0.2, 0.25) is 0 Å². The summed E-state index contributed by atoms with van der Waals surface area (Å²) >= 11 is 6.62. The fourth-order valence-corrected chi connectivity index (χ4v) is 2.34. The van der Waals surface area contributed by atoms with Crippen molar-refractivity contribution < 1.29 is 9.53 Å². The van der Waals surface area contributed by atoms with Gasteiger partial charge in [0.2, 0.25) is 0 Å². The Morgan fingerprint density at radius 2 is 2.15 bits per heavy atom. The molecule has 0 unspecified atom stereocenters. The molecular formula is C9H8Br2O2. The summed E-state index contributed by atoms with van der Waals surface area (Å²) in [4.78, 5) is 10.7. The summed E-state index contributed by atoms with van der Waals surface area (Å²) in [6, 6.07) is 3.57. The monoisotopic (exact) mass is 306 g/mol. The molecule has 0 aliphatic heterocycles. The second-order valence-electron chi connectivity index (χ2n) is 2.36. The Morgan fingerprint density at radius 3 is 2.69 bits per heavy atom. The van der Waals surface area contributed by atoms with E-state index >= 15 is 0 Å². The van der Waals surface area contributed by atoms with E-state index in [0.717, 1.165) is 15.2 Å². The van der Waals surface area contributed by atoms with Gasteiger partial charge >= 0.3 is 0 Å². The molecule has 0 bridgehead atoms. The molecule has 0 atom stereocenters. The summed E-state index contributed by atoms with van der Waals surface area (Å²) in [5.41, 5.74) is 0.545. The van der Waals surface area contributed by atoms with Gasteiger partial charge < -0.3 is 4.74 Å². The molecule has 13 heavy (non-hydrogen) atoms. The molecule has 1 rings (SSSR count). The van der Waals surface area contributed by atoms with Gasteiger partial charge in [-0.2, -0.15) is 0 Å². The number of ether oxygens (including phenoxy) is 1. The maximum Gasteiger partial charge on any atom is 0.153 e. The lowest BCUT2D eigenvalue weighted by Crippen LogP contribution is -1.97. The van der Waals surface area contributed by atoms with Crippen LogP contribution in [0, 0.1) is 0 Å². The Labute approximate surface area is 93.5 Å². The van der Waals surface area contributed by atoms with Crippen molar-refractivity contribution >= 4 is 38.1 Å². The Balaban J connectivity index is 3.21. The van der Waals surface area contributed by atoms with Gasteiger partial charge in [0.15, 0.2) is 6.29 Å². The predicted octanol–water partition coefficient (Wildman–Crippen LogP) is 3.42. The lowest BCUT2D eigenvalue weighted by Gasteiger charge is -2.08. The van der Waals surface area contributed by atoms with Crippen LogP contribution < -0.4 is 4.74 Å². The summed E-state index contributed by atoms with van der Waals surface area (Å²) in [6.07, 6.45) is 0.778. The molecule has 0 heterocycles. The van der Waals surface area contributed by atoms with Crippen LogP contribution >= 0.6 is 31.9 Å². The van der Waals surface area contributed by atoms with Gasteiger partial charge in [-0.05, 0) is 35.0 Å². The number of benzene rings is 1. The van der Waals surface area contributed by atoms with Crippen LogP contribution in [-0.4, -0.2) is 12.9 Å². The van der Waals surface area contributed by atoms with Crippen LogP contribution in [0.15, 0.2) is 21.1 Å². The molecule has 0 radical (unpaired) electrons. The number of carbonyl (C=O) groups excluding carboxylic acids is 1. The molecule has 0 saturated carbocycles. The molecule has 4 heteroatoms. The first-order valence-electron chi connectivity index (χ1n) is 3.76. The first-order valence-corrected chi connectivity index (χ1v) is 5.34. The first kappa shape index (κ1) is 10.7. The van der Waals surface area contributed by atoms with Gasteiger partial charge in [-0.3, -0.25) is 4.79 Å². The minimum absolute atomic E-state index is 0.543. The Kier molecular flexibility index (Phi) is 3.93. The quantitative estimate of drug-likeness (QED) is 0.800. The highest BCUT2D eigenvalue weighted by molar-refractivity contribution is 9.11. The molecule has 0 aliphatic rings. The molecule has 1 aromatic carbocycles. The highest BCUT2D eigenvalue weighted by atomic mass is 79.9. The zero-order chi connectivity index (χ0) is 9.84. The summed E-state index contributed by atoms with van der Waals surface area (Å²) in [5.74, 6) is 0.598. The minimum Gasteiger partial charge on any atom is -0.492 e. The molecule has 1 aromatic rings. The van der Waals surface area contributed by atoms with Crippen molar-refractivity contribution in [1.82, 2.24) is 0 Å².